The fourth-order valence-corrected chi connectivity index (χ4v) is 3.83. The van der Waals surface area contributed by atoms with Crippen molar-refractivity contribution < 1.29 is 14.3 Å². The minimum atomic E-state index is -0.241. The van der Waals surface area contributed by atoms with E-state index in [2.05, 4.69) is 20.3 Å². The Bertz CT molecular complexity index is 1050. The van der Waals surface area contributed by atoms with Crippen molar-refractivity contribution in [3.8, 4) is 22.8 Å². The SMILES string of the molecule is COc1ccc(-c2csc(NC(=O)CSc3nc(C)cc(=O)[nH]3)n2)cc1OC. The maximum Gasteiger partial charge on any atom is 0.251 e. The Kier molecular flexibility index (Phi) is 6.32. The number of thioether (sulfide) groups is 1. The number of aryl methyl sites for hydroxylation is 1. The van der Waals surface area contributed by atoms with Crippen molar-refractivity contribution in [2.24, 2.45) is 0 Å². The molecule has 0 aliphatic rings. The summed E-state index contributed by atoms with van der Waals surface area (Å²) in [7, 11) is 3.15. The van der Waals surface area contributed by atoms with Gasteiger partial charge in [0.25, 0.3) is 5.56 Å². The number of nitrogens with zero attached hydrogens (tertiary/aromatic N) is 2. The first kappa shape index (κ1) is 19.9. The predicted molar refractivity (Wildman–Crippen MR) is 110 cm³/mol. The first-order chi connectivity index (χ1) is 13.5. The highest BCUT2D eigenvalue weighted by Gasteiger charge is 2.12. The van der Waals surface area contributed by atoms with Gasteiger partial charge >= 0.3 is 0 Å². The maximum atomic E-state index is 12.2. The fourth-order valence-electron chi connectivity index (χ4n) is 2.37. The summed E-state index contributed by atoms with van der Waals surface area (Å²) in [5, 5.41) is 5.50. The van der Waals surface area contributed by atoms with Crippen molar-refractivity contribution >= 4 is 34.1 Å². The third-order valence-corrected chi connectivity index (χ3v) is 5.25. The molecule has 3 aromatic rings. The number of carbonyl (C=O) groups is 1. The minimum Gasteiger partial charge on any atom is -0.493 e. The lowest BCUT2D eigenvalue weighted by Crippen LogP contribution is -2.15. The van der Waals surface area contributed by atoms with Gasteiger partial charge in [-0.05, 0) is 25.1 Å². The standard InChI is InChI=1S/C18H18N4O4S2/c1-10-6-15(23)21-17(19-10)28-9-16(24)22-18-20-12(8-27-18)11-4-5-13(25-2)14(7-11)26-3/h4-8H,9H2,1-3H3,(H,19,21,23)(H,20,22,24). The van der Waals surface area contributed by atoms with Gasteiger partial charge < -0.3 is 19.8 Å². The number of benzene rings is 1. The zero-order valence-electron chi connectivity index (χ0n) is 15.4. The number of rotatable bonds is 7. The third-order valence-electron chi connectivity index (χ3n) is 3.62. The molecule has 1 aromatic carbocycles. The fraction of sp³-hybridized carbons (Fsp3) is 0.222. The highest BCUT2D eigenvalue weighted by molar-refractivity contribution is 7.99. The number of nitrogens with one attached hydrogen (secondary N) is 2. The smallest absolute Gasteiger partial charge is 0.251 e. The summed E-state index contributed by atoms with van der Waals surface area (Å²) in [6.45, 7) is 1.73. The molecule has 10 heteroatoms. The minimum absolute atomic E-state index is 0.109. The number of H-pyrrole nitrogens is 1. The summed E-state index contributed by atoms with van der Waals surface area (Å²) < 4.78 is 10.5. The van der Waals surface area contributed by atoms with E-state index in [-0.39, 0.29) is 17.2 Å². The third kappa shape index (κ3) is 4.90. The molecule has 0 bridgehead atoms. The Morgan fingerprint density at radius 2 is 2.00 bits per heavy atom. The summed E-state index contributed by atoms with van der Waals surface area (Å²) in [6, 6.07) is 6.90. The Morgan fingerprint density at radius 3 is 2.71 bits per heavy atom. The van der Waals surface area contributed by atoms with Crippen LogP contribution in [0, 0.1) is 6.92 Å². The molecule has 2 N–H and O–H groups in total. The van der Waals surface area contributed by atoms with Crippen LogP contribution in [-0.4, -0.2) is 40.8 Å². The maximum absolute atomic E-state index is 12.2. The number of hydrogen-bond acceptors (Lipinski definition) is 8. The van der Waals surface area contributed by atoms with Crippen LogP contribution < -0.4 is 20.3 Å². The van der Waals surface area contributed by atoms with E-state index in [4.69, 9.17) is 9.47 Å². The summed E-state index contributed by atoms with van der Waals surface area (Å²) >= 11 is 2.48. The first-order valence-electron chi connectivity index (χ1n) is 8.17. The van der Waals surface area contributed by atoms with Crippen LogP contribution in [0.25, 0.3) is 11.3 Å². The molecule has 8 nitrogen and oxygen atoms in total. The van der Waals surface area contributed by atoms with E-state index in [1.54, 1.807) is 27.2 Å². The number of carbonyl (C=O) groups excluding carboxylic acids is 1. The lowest BCUT2D eigenvalue weighted by atomic mass is 10.1. The van der Waals surface area contributed by atoms with Crippen LogP contribution in [0.5, 0.6) is 11.5 Å². The summed E-state index contributed by atoms with van der Waals surface area (Å²) in [4.78, 5) is 34.8. The lowest BCUT2D eigenvalue weighted by molar-refractivity contribution is -0.113. The highest BCUT2D eigenvalue weighted by Crippen LogP contribution is 2.33. The molecule has 0 aliphatic carbocycles. The molecular weight excluding hydrogens is 400 g/mol. The van der Waals surface area contributed by atoms with Crippen LogP contribution in [0.2, 0.25) is 0 Å². The van der Waals surface area contributed by atoms with E-state index >= 15 is 0 Å². The molecule has 0 atom stereocenters. The number of amides is 1. The van der Waals surface area contributed by atoms with E-state index in [0.29, 0.717) is 27.5 Å². The Labute approximate surface area is 169 Å². The van der Waals surface area contributed by atoms with Crippen molar-refractivity contribution in [1.82, 2.24) is 15.0 Å². The predicted octanol–water partition coefficient (Wildman–Crippen LogP) is 2.95. The topological polar surface area (TPSA) is 106 Å². The monoisotopic (exact) mass is 418 g/mol. The number of anilines is 1. The van der Waals surface area contributed by atoms with Crippen molar-refractivity contribution in [2.75, 3.05) is 25.3 Å². The zero-order valence-corrected chi connectivity index (χ0v) is 17.1. The molecule has 0 aliphatic heterocycles. The van der Waals surface area contributed by atoms with Gasteiger partial charge in [0.15, 0.2) is 21.8 Å². The summed E-state index contributed by atoms with van der Waals surface area (Å²) in [6.07, 6.45) is 0. The van der Waals surface area contributed by atoms with Gasteiger partial charge in [-0.3, -0.25) is 9.59 Å². The van der Waals surface area contributed by atoms with Crippen LogP contribution in [0.15, 0.2) is 39.6 Å². The van der Waals surface area contributed by atoms with Crippen molar-refractivity contribution in [3.63, 3.8) is 0 Å². The van der Waals surface area contributed by atoms with Gasteiger partial charge in [0.05, 0.1) is 25.7 Å². The largest absolute Gasteiger partial charge is 0.493 e. The number of hydrogen-bond donors (Lipinski definition) is 2. The molecule has 0 fully saturated rings. The molecule has 0 spiro atoms. The van der Waals surface area contributed by atoms with Crippen LogP contribution in [-0.2, 0) is 4.79 Å². The van der Waals surface area contributed by atoms with E-state index in [1.807, 2.05) is 17.5 Å². The molecule has 146 valence electrons. The molecule has 1 amide bonds. The lowest BCUT2D eigenvalue weighted by Gasteiger charge is -2.08. The molecule has 2 aromatic heterocycles. The number of aromatic amines is 1. The molecule has 0 saturated carbocycles. The average Bonchev–Trinajstić information content (AvgIpc) is 3.13. The molecule has 28 heavy (non-hydrogen) atoms. The van der Waals surface area contributed by atoms with Gasteiger partial charge in [0, 0.05) is 22.7 Å². The Hall–Kier alpha value is -2.85. The molecule has 2 heterocycles. The van der Waals surface area contributed by atoms with Crippen LogP contribution >= 0.6 is 23.1 Å². The van der Waals surface area contributed by atoms with E-state index in [9.17, 15) is 9.59 Å². The van der Waals surface area contributed by atoms with E-state index in [1.165, 1.54) is 17.4 Å². The van der Waals surface area contributed by atoms with E-state index < -0.39 is 0 Å². The Balaban J connectivity index is 1.64. The van der Waals surface area contributed by atoms with Crippen molar-refractivity contribution in [1.29, 1.82) is 0 Å². The zero-order chi connectivity index (χ0) is 20.1. The first-order valence-corrected chi connectivity index (χ1v) is 10.0. The van der Waals surface area contributed by atoms with Gasteiger partial charge in [-0.2, -0.15) is 0 Å². The number of methoxy groups -OCH3 is 2. The average molecular weight is 419 g/mol. The Morgan fingerprint density at radius 1 is 1.21 bits per heavy atom. The van der Waals surface area contributed by atoms with Gasteiger partial charge in [-0.25, -0.2) is 9.97 Å². The second kappa shape index (κ2) is 8.89. The van der Waals surface area contributed by atoms with Gasteiger partial charge in [0.2, 0.25) is 5.91 Å². The summed E-state index contributed by atoms with van der Waals surface area (Å²) in [5.74, 6) is 1.12. The molecule has 0 saturated heterocycles. The molecule has 0 unspecified atom stereocenters. The van der Waals surface area contributed by atoms with Gasteiger partial charge in [-0.1, -0.05) is 11.8 Å². The second-order valence-corrected chi connectivity index (χ2v) is 7.46. The molecule has 3 rings (SSSR count). The number of aromatic nitrogens is 3. The number of ether oxygens (including phenoxy) is 2. The van der Waals surface area contributed by atoms with Crippen molar-refractivity contribution in [3.05, 3.63) is 45.7 Å². The van der Waals surface area contributed by atoms with E-state index in [0.717, 1.165) is 23.0 Å². The van der Waals surface area contributed by atoms with Crippen LogP contribution in [0.3, 0.4) is 0 Å². The van der Waals surface area contributed by atoms with Crippen molar-refractivity contribution in [2.45, 2.75) is 12.1 Å². The normalized spacial score (nSPS) is 10.5. The molecule has 0 radical (unpaired) electrons. The van der Waals surface area contributed by atoms with Crippen LogP contribution in [0.4, 0.5) is 5.13 Å². The van der Waals surface area contributed by atoms with Gasteiger partial charge in [0.1, 0.15) is 0 Å². The summed E-state index contributed by atoms with van der Waals surface area (Å²) in [5.41, 5.74) is 1.94. The second-order valence-electron chi connectivity index (χ2n) is 5.64. The number of thiazole rings is 1. The van der Waals surface area contributed by atoms with Crippen LogP contribution in [0.1, 0.15) is 5.69 Å². The molecular formula is C18H18N4O4S2. The quantitative estimate of drug-likeness (QED) is 0.449. The highest BCUT2D eigenvalue weighted by atomic mass is 32.2. The van der Waals surface area contributed by atoms with Gasteiger partial charge in [-0.15, -0.1) is 11.3 Å².